The van der Waals surface area contributed by atoms with Crippen LogP contribution in [0.1, 0.15) is 32.1 Å². The molecular formula is C23H38IN5O. The lowest BCUT2D eigenvalue weighted by Gasteiger charge is -2.35. The second kappa shape index (κ2) is 12.5. The van der Waals surface area contributed by atoms with Gasteiger partial charge in [-0.25, -0.2) is 4.99 Å². The third-order valence-electron chi connectivity index (χ3n) is 5.77. The van der Waals surface area contributed by atoms with Gasteiger partial charge < -0.3 is 24.9 Å². The molecule has 1 aliphatic heterocycles. The summed E-state index contributed by atoms with van der Waals surface area (Å²) < 4.78 is 6.00. The molecule has 2 aromatic rings. The molecule has 0 aliphatic carbocycles. The molecule has 1 aromatic carbocycles. The molecule has 3 rings (SSSR count). The third-order valence-corrected chi connectivity index (χ3v) is 5.77. The minimum atomic E-state index is 0. The first-order valence-corrected chi connectivity index (χ1v) is 11.0. The van der Waals surface area contributed by atoms with Gasteiger partial charge in [-0.15, -0.1) is 24.0 Å². The van der Waals surface area contributed by atoms with Crippen molar-refractivity contribution in [2.24, 2.45) is 10.9 Å². The van der Waals surface area contributed by atoms with Crippen molar-refractivity contribution in [3.63, 3.8) is 0 Å². The molecule has 1 atom stereocenters. The molecule has 6 nitrogen and oxygen atoms in total. The molecule has 1 aromatic heterocycles. The number of aliphatic imine (C=N–C) groups is 1. The van der Waals surface area contributed by atoms with Gasteiger partial charge in [0.15, 0.2) is 5.96 Å². The number of piperazine rings is 1. The number of guanidine groups is 1. The molecule has 0 spiro atoms. The van der Waals surface area contributed by atoms with Crippen LogP contribution in [0.3, 0.4) is 0 Å². The van der Waals surface area contributed by atoms with E-state index in [0.29, 0.717) is 12.5 Å². The quantitative estimate of drug-likeness (QED) is 0.312. The molecule has 0 saturated carbocycles. The maximum Gasteiger partial charge on any atom is 0.191 e. The second-order valence-corrected chi connectivity index (χ2v) is 8.06. The predicted molar refractivity (Wildman–Crippen MR) is 137 cm³/mol. The Balaban J connectivity index is 0.00000320. The molecule has 30 heavy (non-hydrogen) atoms. The fraction of sp³-hybridized carbons (Fsp3) is 0.609. The molecule has 0 amide bonds. The Morgan fingerprint density at radius 2 is 1.80 bits per heavy atom. The number of benzene rings is 1. The van der Waals surface area contributed by atoms with Gasteiger partial charge in [-0.3, -0.25) is 0 Å². The highest BCUT2D eigenvalue weighted by Gasteiger charge is 2.17. The Morgan fingerprint density at radius 1 is 1.10 bits per heavy atom. The van der Waals surface area contributed by atoms with Crippen molar-refractivity contribution in [2.75, 3.05) is 52.4 Å². The van der Waals surface area contributed by atoms with E-state index < -0.39 is 0 Å². The van der Waals surface area contributed by atoms with E-state index in [4.69, 9.17) is 9.41 Å². The fourth-order valence-electron chi connectivity index (χ4n) is 3.93. The van der Waals surface area contributed by atoms with Gasteiger partial charge in [0.2, 0.25) is 0 Å². The Morgan fingerprint density at radius 3 is 2.47 bits per heavy atom. The van der Waals surface area contributed by atoms with Crippen molar-refractivity contribution in [1.82, 2.24) is 20.4 Å². The maximum atomic E-state index is 6.00. The van der Waals surface area contributed by atoms with Gasteiger partial charge in [0.05, 0.1) is 0 Å². The summed E-state index contributed by atoms with van der Waals surface area (Å²) in [7, 11) is 0. The van der Waals surface area contributed by atoms with Crippen molar-refractivity contribution < 1.29 is 4.42 Å². The molecule has 1 fully saturated rings. The number of nitrogens with zero attached hydrogens (tertiary/aromatic N) is 3. The SMILES string of the molecule is CCNC(=NCc1oc2ccccc2c1C)NCC(C)CN1CCN(CC)CC1.I. The van der Waals surface area contributed by atoms with E-state index in [1.807, 2.05) is 18.2 Å². The number of nitrogens with one attached hydrogen (secondary N) is 2. The monoisotopic (exact) mass is 527 g/mol. The Labute approximate surface area is 198 Å². The molecule has 1 saturated heterocycles. The molecule has 168 valence electrons. The van der Waals surface area contributed by atoms with Crippen LogP contribution in [0, 0.1) is 12.8 Å². The third kappa shape index (κ3) is 6.85. The first-order chi connectivity index (χ1) is 14.1. The Kier molecular flexibility index (Phi) is 10.4. The summed E-state index contributed by atoms with van der Waals surface area (Å²) in [5.41, 5.74) is 2.12. The van der Waals surface area contributed by atoms with E-state index in [1.54, 1.807) is 0 Å². The number of halogens is 1. The zero-order valence-corrected chi connectivity index (χ0v) is 21.2. The first-order valence-electron chi connectivity index (χ1n) is 11.0. The highest BCUT2D eigenvalue weighted by Crippen LogP contribution is 2.25. The van der Waals surface area contributed by atoms with Gasteiger partial charge in [0.1, 0.15) is 17.9 Å². The number of likely N-dealkylation sites (N-methyl/N-ethyl adjacent to an activating group) is 1. The van der Waals surface area contributed by atoms with Gasteiger partial charge in [-0.2, -0.15) is 0 Å². The summed E-state index contributed by atoms with van der Waals surface area (Å²) in [6.07, 6.45) is 0. The summed E-state index contributed by atoms with van der Waals surface area (Å²) in [4.78, 5) is 9.87. The van der Waals surface area contributed by atoms with Crippen LogP contribution in [0.25, 0.3) is 11.0 Å². The Hall–Kier alpha value is -1.32. The predicted octanol–water partition coefficient (Wildman–Crippen LogP) is 3.69. The van der Waals surface area contributed by atoms with Gasteiger partial charge >= 0.3 is 0 Å². The number of para-hydroxylation sites is 1. The summed E-state index contributed by atoms with van der Waals surface area (Å²) in [5.74, 6) is 2.36. The molecule has 2 heterocycles. The lowest BCUT2D eigenvalue weighted by molar-refractivity contribution is 0.124. The molecule has 1 unspecified atom stereocenters. The van der Waals surface area contributed by atoms with Crippen LogP contribution in [0.2, 0.25) is 0 Å². The highest BCUT2D eigenvalue weighted by atomic mass is 127. The average molecular weight is 527 g/mol. The van der Waals surface area contributed by atoms with Crippen molar-refractivity contribution in [3.05, 3.63) is 35.6 Å². The van der Waals surface area contributed by atoms with Crippen molar-refractivity contribution in [1.29, 1.82) is 0 Å². The van der Waals surface area contributed by atoms with Crippen LogP contribution in [-0.4, -0.2) is 68.1 Å². The molecule has 0 bridgehead atoms. The van der Waals surface area contributed by atoms with Gasteiger partial charge in [-0.05, 0) is 32.4 Å². The lowest BCUT2D eigenvalue weighted by Crippen LogP contribution is -2.48. The largest absolute Gasteiger partial charge is 0.459 e. The van der Waals surface area contributed by atoms with Crippen molar-refractivity contribution in [3.8, 4) is 0 Å². The molecule has 2 N–H and O–H groups in total. The first kappa shape index (κ1) is 24.9. The van der Waals surface area contributed by atoms with E-state index in [9.17, 15) is 0 Å². The minimum Gasteiger partial charge on any atom is -0.459 e. The van der Waals surface area contributed by atoms with Gasteiger partial charge in [0.25, 0.3) is 0 Å². The summed E-state index contributed by atoms with van der Waals surface area (Å²) in [5, 5.41) is 8.04. The molecule has 1 aliphatic rings. The lowest BCUT2D eigenvalue weighted by atomic mass is 10.1. The van der Waals surface area contributed by atoms with Crippen LogP contribution in [0.5, 0.6) is 0 Å². The number of hydrogen-bond donors (Lipinski definition) is 2. The second-order valence-electron chi connectivity index (χ2n) is 8.06. The average Bonchev–Trinajstić information content (AvgIpc) is 3.06. The minimum absolute atomic E-state index is 0. The van der Waals surface area contributed by atoms with Gasteiger partial charge in [-0.1, -0.05) is 32.0 Å². The van der Waals surface area contributed by atoms with E-state index in [2.05, 4.69) is 54.2 Å². The van der Waals surface area contributed by atoms with Crippen LogP contribution in [0.4, 0.5) is 0 Å². The number of hydrogen-bond acceptors (Lipinski definition) is 4. The fourth-order valence-corrected chi connectivity index (χ4v) is 3.93. The zero-order valence-electron chi connectivity index (χ0n) is 18.9. The zero-order chi connectivity index (χ0) is 20.6. The molecular weight excluding hydrogens is 489 g/mol. The summed E-state index contributed by atoms with van der Waals surface area (Å²) in [6, 6.07) is 8.17. The maximum absolute atomic E-state index is 6.00. The smallest absolute Gasteiger partial charge is 0.191 e. The molecule has 7 heteroatoms. The van der Waals surface area contributed by atoms with Crippen LogP contribution < -0.4 is 10.6 Å². The standard InChI is InChI=1S/C23H37N5O.HI/c1-5-24-23(25-15-18(3)17-28-13-11-27(6-2)12-14-28)26-16-22-19(4)20-9-7-8-10-21(20)29-22;/h7-10,18H,5-6,11-17H2,1-4H3,(H2,24,25,26);1H. The van der Waals surface area contributed by atoms with Gasteiger partial charge in [0, 0.05) is 56.8 Å². The van der Waals surface area contributed by atoms with Crippen molar-refractivity contribution >= 4 is 40.9 Å². The Bertz CT molecular complexity index is 798. The highest BCUT2D eigenvalue weighted by molar-refractivity contribution is 14.0. The number of fused-ring (bicyclic) bond motifs is 1. The summed E-state index contributed by atoms with van der Waals surface area (Å²) in [6.45, 7) is 18.1. The van der Waals surface area contributed by atoms with Crippen LogP contribution >= 0.6 is 24.0 Å². The number of rotatable bonds is 8. The van der Waals surface area contributed by atoms with E-state index >= 15 is 0 Å². The van der Waals surface area contributed by atoms with E-state index in [0.717, 1.165) is 43.5 Å². The van der Waals surface area contributed by atoms with E-state index in [1.165, 1.54) is 37.1 Å². The van der Waals surface area contributed by atoms with Crippen LogP contribution in [0.15, 0.2) is 33.7 Å². The topological polar surface area (TPSA) is 56.0 Å². The van der Waals surface area contributed by atoms with Crippen molar-refractivity contribution in [2.45, 2.75) is 34.2 Å². The number of furan rings is 1. The van der Waals surface area contributed by atoms with E-state index in [-0.39, 0.29) is 24.0 Å². The van der Waals surface area contributed by atoms with Crippen LogP contribution in [-0.2, 0) is 6.54 Å². The normalized spacial score (nSPS) is 17.0. The molecule has 0 radical (unpaired) electrons. The number of aryl methyl sites for hydroxylation is 1. The summed E-state index contributed by atoms with van der Waals surface area (Å²) >= 11 is 0.